The van der Waals surface area contributed by atoms with Crippen molar-refractivity contribution in [3.63, 3.8) is 0 Å². The van der Waals surface area contributed by atoms with Crippen LogP contribution in [0.4, 0.5) is 4.79 Å². The number of ether oxygens (including phenoxy) is 1. The normalized spacial score (nSPS) is 11.8. The molecular weight excluding hydrogens is 256 g/mol. The summed E-state index contributed by atoms with van der Waals surface area (Å²) in [6.45, 7) is 0. The third kappa shape index (κ3) is 3.83. The molecule has 2 rings (SSSR count). The lowest BCUT2D eigenvalue weighted by Crippen LogP contribution is -2.06. The van der Waals surface area contributed by atoms with Gasteiger partial charge in [-0.05, 0) is 30.0 Å². The van der Waals surface area contributed by atoms with Gasteiger partial charge in [0.1, 0.15) is 5.75 Å². The van der Waals surface area contributed by atoms with E-state index in [1.54, 1.807) is 18.2 Å². The highest BCUT2D eigenvalue weighted by Crippen LogP contribution is 2.24. The summed E-state index contributed by atoms with van der Waals surface area (Å²) >= 11 is 0. The highest BCUT2D eigenvalue weighted by Gasteiger charge is 2.11. The molecule has 1 unspecified atom stereocenters. The molecule has 0 bridgehead atoms. The topological polar surface area (TPSA) is 66.8 Å². The van der Waals surface area contributed by atoms with Crippen molar-refractivity contribution >= 4 is 6.16 Å². The lowest BCUT2D eigenvalue weighted by Gasteiger charge is -2.12. The number of hydrogen-bond donors (Lipinski definition) is 2. The van der Waals surface area contributed by atoms with Crippen molar-refractivity contribution < 1.29 is 19.7 Å². The van der Waals surface area contributed by atoms with Crippen LogP contribution >= 0.6 is 0 Å². The first-order valence-electron chi connectivity index (χ1n) is 6.38. The van der Waals surface area contributed by atoms with Crippen LogP contribution < -0.4 is 4.74 Å². The number of benzene rings is 2. The van der Waals surface area contributed by atoms with Crippen LogP contribution in [-0.4, -0.2) is 16.4 Å². The van der Waals surface area contributed by atoms with Crippen LogP contribution in [0.15, 0.2) is 54.6 Å². The van der Waals surface area contributed by atoms with E-state index in [4.69, 9.17) is 9.84 Å². The van der Waals surface area contributed by atoms with E-state index in [1.165, 1.54) is 0 Å². The Morgan fingerprint density at radius 3 is 2.40 bits per heavy atom. The minimum Gasteiger partial charge on any atom is -0.449 e. The zero-order valence-electron chi connectivity index (χ0n) is 10.9. The predicted molar refractivity (Wildman–Crippen MR) is 74.8 cm³/mol. The standard InChI is InChI=1S/C16H16O4/c17-14(12-6-2-1-3-7-12)11-10-13-8-4-5-9-15(13)20-16(18)19/h1-9,14,17H,10-11H2,(H,18,19). The Morgan fingerprint density at radius 2 is 1.70 bits per heavy atom. The highest BCUT2D eigenvalue weighted by atomic mass is 16.7. The first-order valence-corrected chi connectivity index (χ1v) is 6.38. The molecule has 4 heteroatoms. The third-order valence-corrected chi connectivity index (χ3v) is 3.04. The number of carbonyl (C=O) groups is 1. The zero-order chi connectivity index (χ0) is 14.4. The summed E-state index contributed by atoms with van der Waals surface area (Å²) in [6.07, 6.45) is -0.862. The third-order valence-electron chi connectivity index (χ3n) is 3.04. The Labute approximate surface area is 117 Å². The van der Waals surface area contributed by atoms with E-state index in [0.717, 1.165) is 11.1 Å². The van der Waals surface area contributed by atoms with Gasteiger partial charge in [-0.1, -0.05) is 48.5 Å². The molecule has 2 N–H and O–H groups in total. The molecule has 0 radical (unpaired) electrons. The quantitative estimate of drug-likeness (QED) is 0.646. The average molecular weight is 272 g/mol. The Bertz CT molecular complexity index is 566. The van der Waals surface area contributed by atoms with Crippen molar-refractivity contribution in [3.8, 4) is 5.75 Å². The summed E-state index contributed by atoms with van der Waals surface area (Å²) in [5.74, 6) is 0.320. The van der Waals surface area contributed by atoms with Gasteiger partial charge in [0.05, 0.1) is 6.10 Å². The maximum atomic E-state index is 10.6. The van der Waals surface area contributed by atoms with Crippen LogP contribution in [0.3, 0.4) is 0 Å². The minimum atomic E-state index is -1.33. The van der Waals surface area contributed by atoms with Gasteiger partial charge in [-0.2, -0.15) is 0 Å². The van der Waals surface area contributed by atoms with Gasteiger partial charge in [0, 0.05) is 0 Å². The van der Waals surface area contributed by atoms with E-state index >= 15 is 0 Å². The molecule has 0 aliphatic rings. The molecule has 2 aromatic rings. The summed E-state index contributed by atoms with van der Waals surface area (Å²) in [4.78, 5) is 10.6. The van der Waals surface area contributed by atoms with Crippen LogP contribution in [0.2, 0.25) is 0 Å². The number of para-hydroxylation sites is 1. The molecule has 0 aliphatic heterocycles. The Balaban J connectivity index is 2.02. The van der Waals surface area contributed by atoms with Crippen molar-refractivity contribution in [2.45, 2.75) is 18.9 Å². The molecule has 0 heterocycles. The molecule has 0 saturated heterocycles. The molecule has 0 aliphatic carbocycles. The lowest BCUT2D eigenvalue weighted by atomic mass is 10.0. The molecule has 0 saturated carbocycles. The second-order valence-corrected chi connectivity index (χ2v) is 4.44. The summed E-state index contributed by atoms with van der Waals surface area (Å²) in [5, 5.41) is 18.8. The van der Waals surface area contributed by atoms with Crippen molar-refractivity contribution in [2.75, 3.05) is 0 Å². The number of hydrogen-bond acceptors (Lipinski definition) is 3. The van der Waals surface area contributed by atoms with E-state index in [-0.39, 0.29) is 0 Å². The predicted octanol–water partition coefficient (Wildman–Crippen LogP) is 3.41. The highest BCUT2D eigenvalue weighted by molar-refractivity contribution is 5.62. The molecule has 0 amide bonds. The fourth-order valence-corrected chi connectivity index (χ4v) is 2.04. The first kappa shape index (κ1) is 14.1. The number of aryl methyl sites for hydroxylation is 1. The Hall–Kier alpha value is -2.33. The number of aliphatic hydroxyl groups is 1. The van der Waals surface area contributed by atoms with Crippen LogP contribution in [0, 0.1) is 0 Å². The monoisotopic (exact) mass is 272 g/mol. The van der Waals surface area contributed by atoms with Crippen molar-refractivity contribution in [3.05, 3.63) is 65.7 Å². The summed E-state index contributed by atoms with van der Waals surface area (Å²) in [7, 11) is 0. The minimum absolute atomic E-state index is 0.320. The van der Waals surface area contributed by atoms with Gasteiger partial charge in [-0.3, -0.25) is 0 Å². The van der Waals surface area contributed by atoms with Gasteiger partial charge in [0.25, 0.3) is 0 Å². The lowest BCUT2D eigenvalue weighted by molar-refractivity contribution is 0.143. The van der Waals surface area contributed by atoms with Gasteiger partial charge in [-0.25, -0.2) is 4.79 Å². The van der Waals surface area contributed by atoms with Gasteiger partial charge >= 0.3 is 6.16 Å². The smallest absolute Gasteiger partial charge is 0.449 e. The van der Waals surface area contributed by atoms with Gasteiger partial charge < -0.3 is 14.9 Å². The maximum Gasteiger partial charge on any atom is 0.511 e. The summed E-state index contributed by atoms with van der Waals surface area (Å²) < 4.78 is 4.72. The van der Waals surface area contributed by atoms with Crippen LogP contribution in [-0.2, 0) is 6.42 Å². The van der Waals surface area contributed by atoms with Gasteiger partial charge in [0.2, 0.25) is 0 Å². The summed E-state index contributed by atoms with van der Waals surface area (Å²) in [5.41, 5.74) is 1.62. The van der Waals surface area contributed by atoms with Gasteiger partial charge in [0.15, 0.2) is 0 Å². The molecule has 0 fully saturated rings. The Kier molecular flexibility index (Phi) is 4.74. The first-order chi connectivity index (χ1) is 9.66. The molecule has 1 atom stereocenters. The molecule has 4 nitrogen and oxygen atoms in total. The molecule has 0 spiro atoms. The van der Waals surface area contributed by atoms with E-state index in [2.05, 4.69) is 0 Å². The molecule has 104 valence electrons. The Morgan fingerprint density at radius 1 is 1.05 bits per heavy atom. The van der Waals surface area contributed by atoms with Gasteiger partial charge in [-0.15, -0.1) is 0 Å². The van der Waals surface area contributed by atoms with Crippen LogP contribution in [0.25, 0.3) is 0 Å². The molecule has 20 heavy (non-hydrogen) atoms. The maximum absolute atomic E-state index is 10.6. The molecule has 2 aromatic carbocycles. The van der Waals surface area contributed by atoms with Crippen molar-refractivity contribution in [1.29, 1.82) is 0 Å². The average Bonchev–Trinajstić information content (AvgIpc) is 2.46. The fourth-order valence-electron chi connectivity index (χ4n) is 2.04. The zero-order valence-corrected chi connectivity index (χ0v) is 10.9. The second kappa shape index (κ2) is 6.73. The van der Waals surface area contributed by atoms with E-state index < -0.39 is 12.3 Å². The SMILES string of the molecule is O=C(O)Oc1ccccc1CCC(O)c1ccccc1. The van der Waals surface area contributed by atoms with Crippen LogP contribution in [0.5, 0.6) is 5.75 Å². The van der Waals surface area contributed by atoms with E-state index in [1.807, 2.05) is 36.4 Å². The summed E-state index contributed by atoms with van der Waals surface area (Å²) in [6, 6.07) is 16.3. The van der Waals surface area contributed by atoms with Crippen molar-refractivity contribution in [1.82, 2.24) is 0 Å². The fraction of sp³-hybridized carbons (Fsp3) is 0.188. The number of aliphatic hydroxyl groups excluding tert-OH is 1. The largest absolute Gasteiger partial charge is 0.511 e. The molecule has 0 aromatic heterocycles. The number of carboxylic acid groups (broad SMARTS) is 1. The van der Waals surface area contributed by atoms with Crippen molar-refractivity contribution in [2.24, 2.45) is 0 Å². The number of rotatable bonds is 5. The second-order valence-electron chi connectivity index (χ2n) is 4.44. The van der Waals surface area contributed by atoms with Crippen LogP contribution in [0.1, 0.15) is 23.7 Å². The molecular formula is C16H16O4. The van der Waals surface area contributed by atoms with E-state index in [9.17, 15) is 9.90 Å². The van der Waals surface area contributed by atoms with E-state index in [0.29, 0.717) is 18.6 Å².